The third-order valence-electron chi connectivity index (χ3n) is 8.19. The summed E-state index contributed by atoms with van der Waals surface area (Å²) in [4.78, 5) is 2.39. The van der Waals surface area contributed by atoms with Crippen molar-refractivity contribution in [2.24, 2.45) is 0 Å². The van der Waals surface area contributed by atoms with Crippen LogP contribution in [0, 0.1) is 0 Å². The van der Waals surface area contributed by atoms with Gasteiger partial charge in [0, 0.05) is 38.7 Å². The molecule has 1 aliphatic rings. The van der Waals surface area contributed by atoms with E-state index in [4.69, 9.17) is 18.9 Å². The van der Waals surface area contributed by atoms with Gasteiger partial charge < -0.3 is 24.1 Å². The molecule has 2 aromatic rings. The van der Waals surface area contributed by atoms with E-state index in [-0.39, 0.29) is 37.9 Å². The lowest BCUT2D eigenvalue weighted by Gasteiger charge is -2.33. The van der Waals surface area contributed by atoms with Crippen LogP contribution in [0.1, 0.15) is 139 Å². The standard InChI is InChI=1S/C39H62O5S2/c1-17-30-31(44-34(43-30)41-18-2)23-42-33-28(37(9,10)11)21-25(22-29(33)38(12,13)14)46-39(15,16)45-24-19-26(35(3,4)5)32(40)27(20-24)36(6,7)8/h19-22,30-31,34,40H,17-18,23H2,1-16H3/t30-,31-,34?/m1/s1. The minimum absolute atomic E-state index is 0.0714. The zero-order valence-electron chi connectivity index (χ0n) is 31.6. The van der Waals surface area contributed by atoms with Crippen molar-refractivity contribution in [3.63, 3.8) is 0 Å². The summed E-state index contributed by atoms with van der Waals surface area (Å²) < 4.78 is 24.3. The van der Waals surface area contributed by atoms with E-state index < -0.39 is 6.48 Å². The van der Waals surface area contributed by atoms with Crippen LogP contribution < -0.4 is 4.74 Å². The van der Waals surface area contributed by atoms with Gasteiger partial charge in [-0.05, 0) is 73.1 Å². The molecule has 260 valence electrons. The number of hydrogen-bond donors (Lipinski definition) is 1. The van der Waals surface area contributed by atoms with Crippen molar-refractivity contribution in [1.29, 1.82) is 0 Å². The van der Waals surface area contributed by atoms with E-state index in [1.54, 1.807) is 0 Å². The van der Waals surface area contributed by atoms with Crippen LogP contribution in [0.5, 0.6) is 11.5 Å². The van der Waals surface area contributed by atoms with Gasteiger partial charge in [-0.2, -0.15) is 0 Å². The smallest absolute Gasteiger partial charge is 0.272 e. The molecule has 0 bridgehead atoms. The maximum absolute atomic E-state index is 11.3. The number of hydrogen-bond acceptors (Lipinski definition) is 7. The fourth-order valence-corrected chi connectivity index (χ4v) is 8.29. The molecule has 2 aromatic carbocycles. The van der Waals surface area contributed by atoms with E-state index >= 15 is 0 Å². The molecule has 0 saturated carbocycles. The first-order valence-electron chi connectivity index (χ1n) is 16.9. The van der Waals surface area contributed by atoms with E-state index in [1.165, 1.54) is 20.9 Å². The molecule has 1 aliphatic heterocycles. The number of ether oxygens (including phenoxy) is 4. The van der Waals surface area contributed by atoms with Crippen LogP contribution in [0.4, 0.5) is 0 Å². The third kappa shape index (κ3) is 9.84. The predicted molar refractivity (Wildman–Crippen MR) is 196 cm³/mol. The first-order valence-corrected chi connectivity index (χ1v) is 18.5. The SMILES string of the molecule is CCOC1O[C@H](CC)[C@@H](COc2c(C(C)(C)C)cc(SC(C)(C)Sc3cc(C(C)(C)C)c(O)c(C(C)(C)C)c3)cc2C(C)(C)C)O1. The van der Waals surface area contributed by atoms with Crippen LogP contribution in [-0.4, -0.2) is 41.1 Å². The number of rotatable bonds is 10. The topological polar surface area (TPSA) is 57.2 Å². The number of phenols is 1. The summed E-state index contributed by atoms with van der Waals surface area (Å²) in [6, 6.07) is 9.01. The molecule has 7 heteroatoms. The second kappa shape index (κ2) is 14.2. The van der Waals surface area contributed by atoms with Crippen LogP contribution in [0.3, 0.4) is 0 Å². The van der Waals surface area contributed by atoms with Gasteiger partial charge >= 0.3 is 0 Å². The Morgan fingerprint density at radius 3 is 1.39 bits per heavy atom. The number of thioether (sulfide) groups is 2. The fourth-order valence-electron chi connectivity index (χ4n) is 5.71. The van der Waals surface area contributed by atoms with Gasteiger partial charge in [-0.15, -0.1) is 23.5 Å². The highest BCUT2D eigenvalue weighted by atomic mass is 32.2. The maximum atomic E-state index is 11.3. The molecule has 1 fully saturated rings. The monoisotopic (exact) mass is 674 g/mol. The second-order valence-corrected chi connectivity index (χ2v) is 20.8. The molecule has 1 heterocycles. The normalized spacial score (nSPS) is 20.0. The van der Waals surface area contributed by atoms with Crippen molar-refractivity contribution in [2.45, 2.75) is 171 Å². The zero-order chi connectivity index (χ0) is 35.0. The molecular formula is C39H62O5S2. The molecule has 1 unspecified atom stereocenters. The molecule has 0 amide bonds. The number of benzene rings is 2. The lowest BCUT2D eigenvalue weighted by Crippen LogP contribution is -2.30. The largest absolute Gasteiger partial charge is 0.507 e. The Balaban J connectivity index is 2.01. The van der Waals surface area contributed by atoms with Crippen LogP contribution >= 0.6 is 23.5 Å². The van der Waals surface area contributed by atoms with E-state index in [9.17, 15) is 5.11 Å². The highest BCUT2D eigenvalue weighted by Crippen LogP contribution is 2.51. The Kier molecular flexibility index (Phi) is 12.1. The Hall–Kier alpha value is -1.38. The summed E-state index contributed by atoms with van der Waals surface area (Å²) in [5.74, 6) is 1.36. The highest BCUT2D eigenvalue weighted by molar-refractivity contribution is 8.18. The average Bonchev–Trinajstić information content (AvgIpc) is 3.27. The lowest BCUT2D eigenvalue weighted by atomic mass is 9.79. The minimum Gasteiger partial charge on any atom is -0.507 e. The quantitative estimate of drug-likeness (QED) is 0.199. The van der Waals surface area contributed by atoms with Gasteiger partial charge in [0.05, 0.1) is 10.2 Å². The van der Waals surface area contributed by atoms with Gasteiger partial charge in [0.2, 0.25) is 0 Å². The molecule has 5 nitrogen and oxygen atoms in total. The summed E-state index contributed by atoms with van der Waals surface area (Å²) in [7, 11) is 0. The molecule has 0 spiro atoms. The molecule has 3 atom stereocenters. The molecule has 1 saturated heterocycles. The van der Waals surface area contributed by atoms with Gasteiger partial charge in [-0.1, -0.05) is 90.0 Å². The Morgan fingerprint density at radius 1 is 0.630 bits per heavy atom. The number of aromatic hydroxyl groups is 1. The van der Waals surface area contributed by atoms with Crippen LogP contribution in [-0.2, 0) is 35.9 Å². The predicted octanol–water partition coefficient (Wildman–Crippen LogP) is 11.1. The summed E-state index contributed by atoms with van der Waals surface area (Å²) in [6.07, 6.45) is 0.555. The summed E-state index contributed by atoms with van der Waals surface area (Å²) in [5.41, 5.74) is 3.72. The molecular weight excluding hydrogens is 613 g/mol. The van der Waals surface area contributed by atoms with E-state index in [0.29, 0.717) is 19.0 Å². The average molecular weight is 675 g/mol. The molecule has 46 heavy (non-hydrogen) atoms. The third-order valence-corrected chi connectivity index (χ3v) is 10.6. The highest BCUT2D eigenvalue weighted by Gasteiger charge is 2.38. The van der Waals surface area contributed by atoms with Crippen LogP contribution in [0.2, 0.25) is 0 Å². The van der Waals surface area contributed by atoms with Crippen LogP contribution in [0.15, 0.2) is 34.1 Å². The van der Waals surface area contributed by atoms with Crippen LogP contribution in [0.25, 0.3) is 0 Å². The first kappa shape index (κ1) is 39.1. The number of phenolic OH excluding ortho intramolecular Hbond substituents is 1. The minimum atomic E-state index is -0.640. The molecule has 3 rings (SSSR count). The zero-order valence-corrected chi connectivity index (χ0v) is 33.2. The molecule has 1 N–H and O–H groups in total. The fraction of sp³-hybridized carbons (Fsp3) is 0.692. The van der Waals surface area contributed by atoms with E-state index in [1.807, 2.05) is 30.4 Å². The van der Waals surface area contributed by atoms with E-state index in [2.05, 4.69) is 128 Å². The first-order chi connectivity index (χ1) is 20.9. The maximum Gasteiger partial charge on any atom is 0.272 e. The Morgan fingerprint density at radius 2 is 1.02 bits per heavy atom. The van der Waals surface area contributed by atoms with Gasteiger partial charge in [-0.3, -0.25) is 0 Å². The molecule has 0 radical (unpaired) electrons. The summed E-state index contributed by atoms with van der Waals surface area (Å²) >= 11 is 3.73. The van der Waals surface area contributed by atoms with Crippen molar-refractivity contribution in [2.75, 3.05) is 13.2 Å². The van der Waals surface area contributed by atoms with Gasteiger partial charge in [-0.25, -0.2) is 0 Å². The second-order valence-electron chi connectivity index (χ2n) is 17.1. The van der Waals surface area contributed by atoms with Gasteiger partial charge in [0.25, 0.3) is 6.48 Å². The Labute approximate surface area is 289 Å². The van der Waals surface area contributed by atoms with Crippen molar-refractivity contribution < 1.29 is 24.1 Å². The molecule has 0 aromatic heterocycles. The Bertz CT molecular complexity index is 1270. The summed E-state index contributed by atoms with van der Waals surface area (Å²) in [6.45, 7) is 35.4. The molecule has 0 aliphatic carbocycles. The van der Waals surface area contributed by atoms with Gasteiger partial charge in [0.1, 0.15) is 24.2 Å². The van der Waals surface area contributed by atoms with E-state index in [0.717, 1.165) is 23.3 Å². The van der Waals surface area contributed by atoms with Gasteiger partial charge in [0.15, 0.2) is 0 Å². The van der Waals surface area contributed by atoms with Crippen molar-refractivity contribution >= 4 is 23.5 Å². The van der Waals surface area contributed by atoms with Crippen molar-refractivity contribution in [1.82, 2.24) is 0 Å². The lowest BCUT2D eigenvalue weighted by molar-refractivity contribution is -0.241. The van der Waals surface area contributed by atoms with Crippen molar-refractivity contribution in [3.05, 3.63) is 46.5 Å². The summed E-state index contributed by atoms with van der Waals surface area (Å²) in [5, 5.41) is 11.3. The van der Waals surface area contributed by atoms with Crippen molar-refractivity contribution in [3.8, 4) is 11.5 Å².